The molecule has 0 spiro atoms. The Labute approximate surface area is 62.6 Å². The van der Waals surface area contributed by atoms with Crippen molar-refractivity contribution in [3.05, 3.63) is 0 Å². The molecule has 0 N–H and O–H groups in total. The van der Waals surface area contributed by atoms with Gasteiger partial charge in [-0.2, -0.15) is 0 Å². The Bertz CT molecular complexity index is 92.4. The minimum atomic E-state index is -0.252. The van der Waals surface area contributed by atoms with Crippen LogP contribution in [0.25, 0.3) is 0 Å². The molecule has 0 amide bonds. The van der Waals surface area contributed by atoms with Crippen LogP contribution in [0.2, 0.25) is 4.82 Å². The fraction of sp³-hybridized carbons (Fsp3) is 0.800. The second-order valence-electron chi connectivity index (χ2n) is 1.83. The van der Waals surface area contributed by atoms with Gasteiger partial charge in [-0.05, 0) is 0 Å². The first kappa shape index (κ1) is 8.48. The molecule has 0 aromatic rings. The van der Waals surface area contributed by atoms with Crippen molar-refractivity contribution in [2.45, 2.75) is 18.7 Å². The predicted octanol–water partition coefficient (Wildman–Crippen LogP) is 1.10. The van der Waals surface area contributed by atoms with Gasteiger partial charge < -0.3 is 0 Å². The molecule has 0 radical (unpaired) electrons. The Morgan fingerprint density at radius 1 is 1.62 bits per heavy atom. The summed E-state index contributed by atoms with van der Waals surface area (Å²) in [5, 5.41) is -0.252. The topological polar surface area (TPSA) is 17.1 Å². The van der Waals surface area contributed by atoms with E-state index in [1.807, 2.05) is 13.8 Å². The minimum absolute atomic E-state index is 0.0309. The standard InChI is InChI=1S/C5H9ClOSe/c1-3(4(2)8)5(6)7/h3-4,8H,1-2H3. The molecule has 3 heteroatoms. The van der Waals surface area contributed by atoms with Crippen LogP contribution in [-0.2, 0) is 4.79 Å². The molecular formula is C5H9ClOSe. The van der Waals surface area contributed by atoms with Crippen molar-refractivity contribution < 1.29 is 4.79 Å². The molecule has 48 valence electrons. The van der Waals surface area contributed by atoms with Crippen molar-refractivity contribution in [1.82, 2.24) is 0 Å². The van der Waals surface area contributed by atoms with E-state index >= 15 is 0 Å². The molecule has 0 bridgehead atoms. The van der Waals surface area contributed by atoms with Crippen LogP contribution in [0.4, 0.5) is 0 Å². The van der Waals surface area contributed by atoms with E-state index in [2.05, 4.69) is 16.0 Å². The van der Waals surface area contributed by atoms with Gasteiger partial charge in [-0.1, -0.05) is 0 Å². The summed E-state index contributed by atoms with van der Waals surface area (Å²) in [7, 11) is 0. The molecule has 0 aromatic heterocycles. The van der Waals surface area contributed by atoms with Gasteiger partial charge in [0.2, 0.25) is 0 Å². The molecule has 0 saturated carbocycles. The third-order valence-electron chi connectivity index (χ3n) is 1.08. The first-order chi connectivity index (χ1) is 3.55. The van der Waals surface area contributed by atoms with E-state index in [1.165, 1.54) is 0 Å². The summed E-state index contributed by atoms with van der Waals surface area (Å²) < 4.78 is 0. The summed E-state index contributed by atoms with van der Waals surface area (Å²) in [6.45, 7) is 3.77. The maximum atomic E-state index is 10.3. The van der Waals surface area contributed by atoms with Crippen LogP contribution in [0.5, 0.6) is 0 Å². The molecule has 0 aliphatic rings. The Kier molecular flexibility index (Phi) is 3.70. The number of hydrogen-bond acceptors (Lipinski definition) is 1. The molecule has 0 aromatic carbocycles. The Morgan fingerprint density at radius 2 is 2.00 bits per heavy atom. The maximum absolute atomic E-state index is 10.3. The fourth-order valence-corrected chi connectivity index (χ4v) is 0.854. The monoisotopic (exact) mass is 200 g/mol. The van der Waals surface area contributed by atoms with Gasteiger partial charge in [0, 0.05) is 0 Å². The zero-order chi connectivity index (χ0) is 6.73. The van der Waals surface area contributed by atoms with E-state index in [0.29, 0.717) is 4.82 Å². The zero-order valence-corrected chi connectivity index (χ0v) is 7.52. The molecule has 2 atom stereocenters. The van der Waals surface area contributed by atoms with Crippen LogP contribution in [0.1, 0.15) is 13.8 Å². The van der Waals surface area contributed by atoms with Crippen LogP contribution in [0.15, 0.2) is 0 Å². The van der Waals surface area contributed by atoms with Gasteiger partial charge in [-0.25, -0.2) is 0 Å². The third-order valence-corrected chi connectivity index (χ3v) is 2.36. The quantitative estimate of drug-likeness (QED) is 0.481. The van der Waals surface area contributed by atoms with Gasteiger partial charge in [0.25, 0.3) is 0 Å². The van der Waals surface area contributed by atoms with E-state index in [4.69, 9.17) is 11.6 Å². The second kappa shape index (κ2) is 3.49. The molecule has 0 saturated heterocycles. The van der Waals surface area contributed by atoms with Crippen LogP contribution >= 0.6 is 11.6 Å². The molecular weight excluding hydrogens is 190 g/mol. The molecule has 0 fully saturated rings. The van der Waals surface area contributed by atoms with E-state index in [-0.39, 0.29) is 11.2 Å². The summed E-state index contributed by atoms with van der Waals surface area (Å²) in [5.41, 5.74) is 0. The summed E-state index contributed by atoms with van der Waals surface area (Å²) in [4.78, 5) is 10.6. The predicted molar refractivity (Wildman–Crippen MR) is 36.6 cm³/mol. The number of halogens is 1. The van der Waals surface area contributed by atoms with E-state index in [9.17, 15) is 4.79 Å². The normalized spacial score (nSPS) is 17.5. The second-order valence-corrected chi connectivity index (χ2v) is 3.91. The number of carbonyl (C=O) groups excluding carboxylic acids is 1. The van der Waals surface area contributed by atoms with Crippen LogP contribution in [0.3, 0.4) is 0 Å². The van der Waals surface area contributed by atoms with E-state index < -0.39 is 0 Å². The Balaban J connectivity index is 3.64. The Hall–Kier alpha value is 0.479. The van der Waals surface area contributed by atoms with Gasteiger partial charge in [-0.3, -0.25) is 0 Å². The van der Waals surface area contributed by atoms with Gasteiger partial charge in [0.15, 0.2) is 0 Å². The summed E-state index contributed by atoms with van der Waals surface area (Å²) in [5.74, 6) is -0.0309. The van der Waals surface area contributed by atoms with Gasteiger partial charge in [0.05, 0.1) is 0 Å². The molecule has 0 heterocycles. The van der Waals surface area contributed by atoms with Gasteiger partial charge in [0.1, 0.15) is 0 Å². The first-order valence-electron chi connectivity index (χ1n) is 2.43. The number of rotatable bonds is 2. The van der Waals surface area contributed by atoms with Crippen LogP contribution in [0, 0.1) is 5.92 Å². The fourth-order valence-electron chi connectivity index (χ4n) is 0.190. The summed E-state index contributed by atoms with van der Waals surface area (Å²) >= 11 is 7.57. The molecule has 1 nitrogen and oxygen atoms in total. The Morgan fingerprint density at radius 3 is 2.00 bits per heavy atom. The number of carbonyl (C=O) groups is 1. The summed E-state index contributed by atoms with van der Waals surface area (Å²) in [6, 6.07) is 0. The average molecular weight is 200 g/mol. The molecule has 0 aliphatic carbocycles. The summed E-state index contributed by atoms with van der Waals surface area (Å²) in [6.07, 6.45) is 0. The van der Waals surface area contributed by atoms with E-state index in [0.717, 1.165) is 0 Å². The molecule has 8 heavy (non-hydrogen) atoms. The van der Waals surface area contributed by atoms with Crippen molar-refractivity contribution >= 4 is 32.9 Å². The van der Waals surface area contributed by atoms with Crippen molar-refractivity contribution in [2.75, 3.05) is 0 Å². The van der Waals surface area contributed by atoms with Gasteiger partial charge in [-0.15, -0.1) is 0 Å². The van der Waals surface area contributed by atoms with Crippen molar-refractivity contribution in [1.29, 1.82) is 0 Å². The number of hydrogen-bond donors (Lipinski definition) is 0. The third kappa shape index (κ3) is 2.71. The van der Waals surface area contributed by atoms with Crippen molar-refractivity contribution in [3.8, 4) is 0 Å². The van der Waals surface area contributed by atoms with Crippen molar-refractivity contribution in [3.63, 3.8) is 0 Å². The van der Waals surface area contributed by atoms with E-state index in [1.54, 1.807) is 0 Å². The van der Waals surface area contributed by atoms with Gasteiger partial charge >= 0.3 is 62.2 Å². The molecule has 0 aliphatic heterocycles. The molecule has 2 unspecified atom stereocenters. The molecule has 0 rings (SSSR count). The van der Waals surface area contributed by atoms with Crippen LogP contribution in [-0.4, -0.2) is 21.3 Å². The van der Waals surface area contributed by atoms with Crippen LogP contribution < -0.4 is 0 Å². The first-order valence-corrected chi connectivity index (χ1v) is 3.89. The zero-order valence-electron chi connectivity index (χ0n) is 4.89. The average Bonchev–Trinajstić information content (AvgIpc) is 1.64. The SMILES string of the molecule is CC([SeH])C(C)C(=O)Cl. The van der Waals surface area contributed by atoms with Crippen molar-refractivity contribution in [2.24, 2.45) is 5.92 Å².